The van der Waals surface area contributed by atoms with Crippen molar-refractivity contribution in [2.24, 2.45) is 0 Å². The first-order valence-electron chi connectivity index (χ1n) is 4.51. The van der Waals surface area contributed by atoms with Crippen LogP contribution in [0.5, 0.6) is 0 Å². The predicted octanol–water partition coefficient (Wildman–Crippen LogP) is 1.66. The number of rotatable bonds is 2. The monoisotopic (exact) mass is 231 g/mol. The van der Waals surface area contributed by atoms with Gasteiger partial charge < -0.3 is 5.32 Å². The largest absolute Gasteiger partial charge is 0.316 e. The van der Waals surface area contributed by atoms with Crippen LogP contribution >= 0.6 is 24.2 Å². The molecule has 1 fully saturated rings. The maximum absolute atomic E-state index is 4.36. The fourth-order valence-corrected chi connectivity index (χ4v) is 2.41. The van der Waals surface area contributed by atoms with Gasteiger partial charge in [-0.15, -0.1) is 12.4 Å². The molecule has 2 heterocycles. The molecule has 0 radical (unpaired) electrons. The van der Waals surface area contributed by atoms with E-state index in [0.717, 1.165) is 23.9 Å². The lowest BCUT2D eigenvalue weighted by Gasteiger charge is -2.05. The van der Waals surface area contributed by atoms with Gasteiger partial charge in [0, 0.05) is 23.7 Å². The number of nitrogens with one attached hydrogen (secondary N) is 1. The van der Waals surface area contributed by atoms with Crippen LogP contribution in [0.15, 0.2) is 17.4 Å². The van der Waals surface area contributed by atoms with Crippen LogP contribution in [0.2, 0.25) is 0 Å². The highest BCUT2D eigenvalue weighted by Gasteiger charge is 2.16. The van der Waals surface area contributed by atoms with E-state index in [-0.39, 0.29) is 12.4 Å². The standard InChI is InChI=1S/C9H13N3S.ClH/c1-7-2-5-11-9(12-7)13-8-3-4-10-6-8;/h2,5,8,10H,3-4,6H2,1H3;1H. The number of nitrogens with zero attached hydrogens (tertiary/aromatic N) is 2. The first-order chi connectivity index (χ1) is 6.34. The smallest absolute Gasteiger partial charge is 0.188 e. The zero-order valence-electron chi connectivity index (χ0n) is 8.06. The van der Waals surface area contributed by atoms with E-state index in [1.807, 2.05) is 19.2 Å². The molecule has 78 valence electrons. The second kappa shape index (κ2) is 5.53. The van der Waals surface area contributed by atoms with Crippen LogP contribution in [0.1, 0.15) is 12.1 Å². The van der Waals surface area contributed by atoms with Crippen LogP contribution < -0.4 is 5.32 Å². The molecule has 1 unspecified atom stereocenters. The lowest BCUT2D eigenvalue weighted by molar-refractivity contribution is 0.857. The molecule has 1 aromatic heterocycles. The summed E-state index contributed by atoms with van der Waals surface area (Å²) in [6, 6.07) is 1.93. The molecule has 0 aliphatic carbocycles. The van der Waals surface area contributed by atoms with E-state index in [0.29, 0.717) is 5.25 Å². The molecule has 0 saturated carbocycles. The van der Waals surface area contributed by atoms with Crippen molar-refractivity contribution in [2.45, 2.75) is 23.8 Å². The Bertz CT molecular complexity index is 289. The third-order valence-corrected chi connectivity index (χ3v) is 3.20. The molecule has 1 saturated heterocycles. The summed E-state index contributed by atoms with van der Waals surface area (Å²) in [7, 11) is 0. The molecule has 0 spiro atoms. The molecular weight excluding hydrogens is 218 g/mol. The highest BCUT2D eigenvalue weighted by atomic mass is 35.5. The van der Waals surface area contributed by atoms with Crippen molar-refractivity contribution >= 4 is 24.2 Å². The topological polar surface area (TPSA) is 37.8 Å². The molecule has 1 aromatic rings. The van der Waals surface area contributed by atoms with Crippen molar-refractivity contribution in [3.05, 3.63) is 18.0 Å². The first-order valence-corrected chi connectivity index (χ1v) is 5.39. The molecule has 0 amide bonds. The Hall–Kier alpha value is -0.320. The van der Waals surface area contributed by atoms with Gasteiger partial charge in [-0.1, -0.05) is 11.8 Å². The number of aromatic nitrogens is 2. The molecule has 3 nitrogen and oxygen atoms in total. The molecule has 1 aliphatic heterocycles. The molecule has 1 atom stereocenters. The lowest BCUT2D eigenvalue weighted by atomic mass is 10.4. The zero-order valence-corrected chi connectivity index (χ0v) is 9.70. The number of aryl methyl sites for hydroxylation is 1. The summed E-state index contributed by atoms with van der Waals surface area (Å²) in [6.45, 7) is 4.21. The lowest BCUT2D eigenvalue weighted by Crippen LogP contribution is -2.10. The van der Waals surface area contributed by atoms with Crippen LogP contribution in [-0.4, -0.2) is 28.3 Å². The van der Waals surface area contributed by atoms with Crippen LogP contribution in [0.25, 0.3) is 0 Å². The van der Waals surface area contributed by atoms with E-state index in [9.17, 15) is 0 Å². The summed E-state index contributed by atoms with van der Waals surface area (Å²) >= 11 is 1.78. The molecule has 2 rings (SSSR count). The van der Waals surface area contributed by atoms with Crippen LogP contribution in [0, 0.1) is 6.92 Å². The summed E-state index contributed by atoms with van der Waals surface area (Å²) in [5.74, 6) is 0. The van der Waals surface area contributed by atoms with E-state index in [2.05, 4.69) is 15.3 Å². The van der Waals surface area contributed by atoms with Gasteiger partial charge in [0.05, 0.1) is 0 Å². The van der Waals surface area contributed by atoms with Gasteiger partial charge in [0.15, 0.2) is 5.16 Å². The Labute approximate surface area is 94.5 Å². The average molecular weight is 232 g/mol. The predicted molar refractivity (Wildman–Crippen MR) is 61.1 cm³/mol. The first kappa shape index (κ1) is 11.8. The van der Waals surface area contributed by atoms with Crippen LogP contribution in [0.4, 0.5) is 0 Å². The minimum absolute atomic E-state index is 0. The number of hydrogen-bond donors (Lipinski definition) is 1. The minimum atomic E-state index is 0. The second-order valence-electron chi connectivity index (χ2n) is 3.21. The van der Waals surface area contributed by atoms with Gasteiger partial charge in [0.1, 0.15) is 0 Å². The normalized spacial score (nSPS) is 20.5. The van der Waals surface area contributed by atoms with E-state index in [1.165, 1.54) is 6.42 Å². The number of halogens is 1. The molecule has 0 aromatic carbocycles. The Morgan fingerprint density at radius 3 is 3.07 bits per heavy atom. The SMILES string of the molecule is Cc1ccnc(SC2CCNC2)n1.Cl. The molecular formula is C9H14ClN3S. The van der Waals surface area contributed by atoms with Crippen molar-refractivity contribution in [3.8, 4) is 0 Å². The van der Waals surface area contributed by atoms with E-state index < -0.39 is 0 Å². The molecule has 5 heteroatoms. The summed E-state index contributed by atoms with van der Waals surface area (Å²) in [4.78, 5) is 8.59. The van der Waals surface area contributed by atoms with Crippen molar-refractivity contribution in [1.82, 2.24) is 15.3 Å². The Morgan fingerprint density at radius 2 is 2.43 bits per heavy atom. The van der Waals surface area contributed by atoms with E-state index >= 15 is 0 Å². The van der Waals surface area contributed by atoms with Gasteiger partial charge in [-0.25, -0.2) is 9.97 Å². The van der Waals surface area contributed by atoms with Gasteiger partial charge in [0.25, 0.3) is 0 Å². The third-order valence-electron chi connectivity index (χ3n) is 2.06. The quantitative estimate of drug-likeness (QED) is 0.786. The van der Waals surface area contributed by atoms with Gasteiger partial charge in [0.2, 0.25) is 0 Å². The van der Waals surface area contributed by atoms with Gasteiger partial charge in [-0.05, 0) is 26.0 Å². The second-order valence-corrected chi connectivity index (χ2v) is 4.48. The van der Waals surface area contributed by atoms with Crippen molar-refractivity contribution < 1.29 is 0 Å². The van der Waals surface area contributed by atoms with Crippen LogP contribution in [0.3, 0.4) is 0 Å². The Balaban J connectivity index is 0.000000980. The summed E-state index contributed by atoms with van der Waals surface area (Å²) in [6.07, 6.45) is 3.05. The maximum atomic E-state index is 4.36. The maximum Gasteiger partial charge on any atom is 0.188 e. The highest BCUT2D eigenvalue weighted by molar-refractivity contribution is 7.99. The van der Waals surface area contributed by atoms with Crippen molar-refractivity contribution in [2.75, 3.05) is 13.1 Å². The summed E-state index contributed by atoms with van der Waals surface area (Å²) in [5.41, 5.74) is 1.04. The van der Waals surface area contributed by atoms with E-state index in [1.54, 1.807) is 11.8 Å². The zero-order chi connectivity index (χ0) is 9.10. The number of hydrogen-bond acceptors (Lipinski definition) is 4. The molecule has 0 bridgehead atoms. The Kier molecular flexibility index (Phi) is 4.65. The van der Waals surface area contributed by atoms with Crippen LogP contribution in [-0.2, 0) is 0 Å². The average Bonchev–Trinajstić information content (AvgIpc) is 2.57. The molecule has 14 heavy (non-hydrogen) atoms. The fourth-order valence-electron chi connectivity index (χ4n) is 1.36. The van der Waals surface area contributed by atoms with E-state index in [4.69, 9.17) is 0 Å². The van der Waals surface area contributed by atoms with Crippen molar-refractivity contribution in [1.29, 1.82) is 0 Å². The number of thioether (sulfide) groups is 1. The van der Waals surface area contributed by atoms with Gasteiger partial charge in [-0.3, -0.25) is 0 Å². The Morgan fingerprint density at radius 1 is 1.57 bits per heavy atom. The summed E-state index contributed by atoms with van der Waals surface area (Å²) in [5, 5.41) is 4.90. The third kappa shape index (κ3) is 3.12. The minimum Gasteiger partial charge on any atom is -0.316 e. The van der Waals surface area contributed by atoms with Gasteiger partial charge >= 0.3 is 0 Å². The molecule has 1 aliphatic rings. The molecule has 1 N–H and O–H groups in total. The fraction of sp³-hybridized carbons (Fsp3) is 0.556. The summed E-state index contributed by atoms with van der Waals surface area (Å²) < 4.78 is 0. The highest BCUT2D eigenvalue weighted by Crippen LogP contribution is 2.23. The van der Waals surface area contributed by atoms with Gasteiger partial charge in [-0.2, -0.15) is 0 Å². The van der Waals surface area contributed by atoms with Crippen molar-refractivity contribution in [3.63, 3.8) is 0 Å².